The van der Waals surface area contributed by atoms with Crippen LogP contribution in [0.2, 0.25) is 5.02 Å². The summed E-state index contributed by atoms with van der Waals surface area (Å²) in [5, 5.41) is 27.0. The normalized spacial score (nSPS) is 11.3. The van der Waals surface area contributed by atoms with Crippen molar-refractivity contribution in [1.29, 1.82) is 0 Å². The van der Waals surface area contributed by atoms with Gasteiger partial charge >= 0.3 is 35.6 Å². The van der Waals surface area contributed by atoms with Crippen molar-refractivity contribution in [3.63, 3.8) is 0 Å². The van der Waals surface area contributed by atoms with Gasteiger partial charge in [-0.25, -0.2) is 4.79 Å². The number of nitrogens with zero attached hydrogens (tertiary/aromatic N) is 1. The third kappa shape index (κ3) is 6.87. The number of carboxylic acid groups (broad SMARTS) is 1. The average molecular weight is 492 g/mol. The molecule has 34 heavy (non-hydrogen) atoms. The minimum atomic E-state index is -1.35. The SMILES string of the molecule is Cc1ccc([C@H](CC(=O)[O-])NC(=O)Nc2c(O)c(C)cn(Cc3ccccc3Cl)c2=O)cc1.[Na+]. The van der Waals surface area contributed by atoms with Gasteiger partial charge in [-0.3, -0.25) is 4.79 Å². The maximum absolute atomic E-state index is 13.0. The number of anilines is 1. The molecule has 0 saturated carbocycles. The molecule has 0 spiro atoms. The number of hydrogen-bond acceptors (Lipinski definition) is 5. The van der Waals surface area contributed by atoms with E-state index >= 15 is 0 Å². The molecule has 10 heteroatoms. The van der Waals surface area contributed by atoms with Gasteiger partial charge in [-0.15, -0.1) is 0 Å². The van der Waals surface area contributed by atoms with E-state index in [0.717, 1.165) is 5.56 Å². The molecule has 0 saturated heterocycles. The molecule has 0 unspecified atom stereocenters. The van der Waals surface area contributed by atoms with Crippen molar-refractivity contribution >= 4 is 29.3 Å². The van der Waals surface area contributed by atoms with E-state index in [1.54, 1.807) is 55.5 Å². The van der Waals surface area contributed by atoms with Gasteiger partial charge in [0.1, 0.15) is 5.75 Å². The van der Waals surface area contributed by atoms with Gasteiger partial charge in [0.25, 0.3) is 5.56 Å². The van der Waals surface area contributed by atoms with Crippen LogP contribution in [0.3, 0.4) is 0 Å². The fraction of sp³-hybridized carbons (Fsp3) is 0.208. The van der Waals surface area contributed by atoms with Gasteiger partial charge < -0.3 is 30.2 Å². The van der Waals surface area contributed by atoms with E-state index in [9.17, 15) is 24.6 Å². The van der Waals surface area contributed by atoms with E-state index in [4.69, 9.17) is 11.6 Å². The van der Waals surface area contributed by atoms with Crippen LogP contribution in [-0.2, 0) is 11.3 Å². The fourth-order valence-electron chi connectivity index (χ4n) is 3.36. The van der Waals surface area contributed by atoms with E-state index in [1.165, 1.54) is 10.8 Å². The second kappa shape index (κ2) is 12.1. The van der Waals surface area contributed by atoms with Gasteiger partial charge in [-0.2, -0.15) is 0 Å². The average Bonchev–Trinajstić information content (AvgIpc) is 2.76. The van der Waals surface area contributed by atoms with Crippen molar-refractivity contribution in [1.82, 2.24) is 9.88 Å². The summed E-state index contributed by atoms with van der Waals surface area (Å²) in [7, 11) is 0. The van der Waals surface area contributed by atoms with E-state index in [0.29, 0.717) is 21.7 Å². The van der Waals surface area contributed by atoms with Crippen molar-refractivity contribution in [2.75, 3.05) is 5.32 Å². The van der Waals surface area contributed by atoms with E-state index < -0.39 is 30.0 Å². The molecular weight excluding hydrogens is 469 g/mol. The second-order valence-corrected chi connectivity index (χ2v) is 8.11. The first-order valence-electron chi connectivity index (χ1n) is 10.2. The Hall–Kier alpha value is -2.78. The zero-order valence-corrected chi connectivity index (χ0v) is 21.8. The minimum absolute atomic E-state index is 0. The minimum Gasteiger partial charge on any atom is -0.550 e. The van der Waals surface area contributed by atoms with Gasteiger partial charge in [0.15, 0.2) is 5.69 Å². The van der Waals surface area contributed by atoms with Crippen molar-refractivity contribution in [3.05, 3.63) is 92.4 Å². The summed E-state index contributed by atoms with van der Waals surface area (Å²) in [6.07, 6.45) is 1.00. The van der Waals surface area contributed by atoms with Crippen molar-refractivity contribution in [2.45, 2.75) is 32.9 Å². The molecule has 172 valence electrons. The van der Waals surface area contributed by atoms with Gasteiger partial charge in [0, 0.05) is 29.2 Å². The summed E-state index contributed by atoms with van der Waals surface area (Å²) in [4.78, 5) is 36.8. The van der Waals surface area contributed by atoms with Crippen LogP contribution in [-0.4, -0.2) is 21.7 Å². The number of nitrogens with one attached hydrogen (secondary N) is 2. The van der Waals surface area contributed by atoms with Crippen LogP contribution >= 0.6 is 11.6 Å². The van der Waals surface area contributed by atoms with Crippen molar-refractivity contribution in [3.8, 4) is 5.75 Å². The maximum atomic E-state index is 13.0. The van der Waals surface area contributed by atoms with Crippen LogP contribution in [0.1, 0.15) is 34.7 Å². The van der Waals surface area contributed by atoms with Crippen LogP contribution in [0, 0.1) is 13.8 Å². The number of halogens is 1. The number of carbonyl (C=O) groups is 2. The van der Waals surface area contributed by atoms with Gasteiger partial charge in [-0.05, 0) is 31.0 Å². The molecule has 0 bridgehead atoms. The van der Waals surface area contributed by atoms with E-state index in [2.05, 4.69) is 10.6 Å². The Kier molecular flexibility index (Phi) is 9.76. The Morgan fingerprint density at radius 3 is 2.38 bits per heavy atom. The van der Waals surface area contributed by atoms with E-state index in [1.807, 2.05) is 6.92 Å². The van der Waals surface area contributed by atoms with Crippen molar-refractivity contribution < 1.29 is 49.4 Å². The number of benzene rings is 2. The van der Waals surface area contributed by atoms with Crippen molar-refractivity contribution in [2.24, 2.45) is 0 Å². The summed E-state index contributed by atoms with van der Waals surface area (Å²) in [6.45, 7) is 3.60. The summed E-state index contributed by atoms with van der Waals surface area (Å²) in [5.74, 6) is -1.72. The molecule has 8 nitrogen and oxygen atoms in total. The molecule has 1 heterocycles. The van der Waals surface area contributed by atoms with Crippen LogP contribution in [0.15, 0.2) is 59.5 Å². The number of aromatic hydroxyl groups is 1. The molecule has 3 rings (SSSR count). The monoisotopic (exact) mass is 491 g/mol. The van der Waals surface area contributed by atoms with Crippen LogP contribution < -0.4 is 50.9 Å². The molecule has 2 aromatic carbocycles. The molecule has 3 aromatic rings. The molecule has 1 aromatic heterocycles. The summed E-state index contributed by atoms with van der Waals surface area (Å²) in [5.41, 5.74) is 1.62. The Labute approximate surface area is 223 Å². The predicted octanol–water partition coefficient (Wildman–Crippen LogP) is -0.121. The summed E-state index contributed by atoms with van der Waals surface area (Å²) in [6, 6.07) is 12.3. The van der Waals surface area contributed by atoms with Gasteiger partial charge in [-0.1, -0.05) is 59.6 Å². The molecule has 0 fully saturated rings. The molecule has 3 N–H and O–H groups in total. The first kappa shape index (κ1) is 27.5. The predicted molar refractivity (Wildman–Crippen MR) is 123 cm³/mol. The number of aliphatic carboxylic acids is 1. The maximum Gasteiger partial charge on any atom is 1.00 e. The standard InChI is InChI=1S/C24H24ClN3O5.Na/c1-14-7-9-16(10-8-14)19(11-20(29)30)26-24(33)27-21-22(31)15(2)12-28(23(21)32)13-17-5-3-4-6-18(17)25;/h3-10,12,19,31H,11,13H2,1-2H3,(H,29,30)(H2,26,27,33);/q;+1/p-1/t19-;/m0./s1. The summed E-state index contributed by atoms with van der Waals surface area (Å²) >= 11 is 6.19. The molecule has 0 aliphatic heterocycles. The third-order valence-electron chi connectivity index (χ3n) is 5.13. The number of urea groups is 1. The van der Waals surface area contributed by atoms with E-state index in [-0.39, 0.29) is 47.5 Å². The Morgan fingerprint density at radius 2 is 1.76 bits per heavy atom. The third-order valence-corrected chi connectivity index (χ3v) is 5.50. The fourth-order valence-corrected chi connectivity index (χ4v) is 3.56. The molecule has 0 radical (unpaired) electrons. The molecule has 1 atom stereocenters. The molecule has 0 aliphatic rings. The van der Waals surface area contributed by atoms with Crippen LogP contribution in [0.25, 0.3) is 0 Å². The number of pyridine rings is 1. The zero-order chi connectivity index (χ0) is 24.1. The van der Waals surface area contributed by atoms with Gasteiger partial charge in [0.2, 0.25) is 0 Å². The Balaban J connectivity index is 0.00000408. The quantitative estimate of drug-likeness (QED) is 0.398. The number of aromatic nitrogens is 1. The first-order chi connectivity index (χ1) is 15.7. The zero-order valence-electron chi connectivity index (χ0n) is 19.1. The van der Waals surface area contributed by atoms with Crippen LogP contribution in [0.4, 0.5) is 10.5 Å². The second-order valence-electron chi connectivity index (χ2n) is 7.70. The number of carboxylic acids is 1. The van der Waals surface area contributed by atoms with Gasteiger partial charge in [0.05, 0.1) is 12.6 Å². The number of carbonyl (C=O) groups excluding carboxylic acids is 2. The first-order valence-corrected chi connectivity index (χ1v) is 10.5. The smallest absolute Gasteiger partial charge is 0.550 e. The van der Waals surface area contributed by atoms with Crippen LogP contribution in [0.5, 0.6) is 5.75 Å². The number of aryl methyl sites for hydroxylation is 2. The Bertz CT molecular complexity index is 1240. The summed E-state index contributed by atoms with van der Waals surface area (Å²) < 4.78 is 1.32. The number of rotatable bonds is 7. The number of amides is 2. The molecule has 2 amide bonds. The largest absolute Gasteiger partial charge is 1.00 e. The Morgan fingerprint density at radius 1 is 1.12 bits per heavy atom. The molecule has 0 aliphatic carbocycles. The number of hydrogen-bond donors (Lipinski definition) is 3. The topological polar surface area (TPSA) is 123 Å². The molecular formula is C24H23ClN3NaO5.